The van der Waals surface area contributed by atoms with Crippen molar-refractivity contribution in [3.05, 3.63) is 89.8 Å². The molecule has 0 fully saturated rings. The second kappa shape index (κ2) is 12.3. The number of hydrogen-bond acceptors (Lipinski definition) is 8. The predicted octanol–water partition coefficient (Wildman–Crippen LogP) is 5.87. The maximum Gasteiger partial charge on any atom is 0.573 e. The maximum atomic E-state index is 15.1. The Kier molecular flexibility index (Phi) is 8.60. The second-order valence-corrected chi connectivity index (χ2v) is 12.0. The maximum absolute atomic E-state index is 15.1. The Labute approximate surface area is 258 Å². The summed E-state index contributed by atoms with van der Waals surface area (Å²) in [4.78, 5) is 15.0. The van der Waals surface area contributed by atoms with Gasteiger partial charge in [0.05, 0.1) is 29.4 Å². The first-order valence-electron chi connectivity index (χ1n) is 13.3. The van der Waals surface area contributed by atoms with Crippen LogP contribution in [0, 0.1) is 12.7 Å². The average molecular weight is 661 g/mol. The third-order valence-corrected chi connectivity index (χ3v) is 7.86. The van der Waals surface area contributed by atoms with Crippen LogP contribution in [0.2, 0.25) is 0 Å². The van der Waals surface area contributed by atoms with Crippen LogP contribution in [0.4, 0.5) is 22.4 Å². The minimum absolute atomic E-state index is 0.0977. The Bertz CT molecular complexity index is 2040. The molecule has 0 bridgehead atoms. The van der Waals surface area contributed by atoms with Gasteiger partial charge in [-0.15, -0.1) is 13.2 Å². The Morgan fingerprint density at radius 1 is 1.04 bits per heavy atom. The molecule has 0 unspecified atom stereocenters. The zero-order valence-corrected chi connectivity index (χ0v) is 24.8. The van der Waals surface area contributed by atoms with Gasteiger partial charge in [-0.2, -0.15) is 5.10 Å². The summed E-state index contributed by atoms with van der Waals surface area (Å²) < 4.78 is 89.5. The van der Waals surface area contributed by atoms with Crippen LogP contribution in [-0.2, 0) is 23.0 Å². The quantitative estimate of drug-likeness (QED) is 0.165. The molecule has 0 saturated heterocycles. The zero-order chi connectivity index (χ0) is 33.4. The Hall–Kier alpha value is -5.22. The first-order valence-corrected chi connectivity index (χ1v) is 15.2. The number of amides is 1. The van der Waals surface area contributed by atoms with Crippen LogP contribution in [-0.4, -0.2) is 52.1 Å². The number of oxazole rings is 1. The van der Waals surface area contributed by atoms with Gasteiger partial charge >= 0.3 is 12.5 Å². The zero-order valence-electron chi connectivity index (χ0n) is 24.0. The highest BCUT2D eigenvalue weighted by molar-refractivity contribution is 7.90. The molecule has 2 aromatic heterocycles. The van der Waals surface area contributed by atoms with E-state index in [-0.39, 0.29) is 35.0 Å². The van der Waals surface area contributed by atoms with Crippen LogP contribution in [0.1, 0.15) is 17.1 Å². The fourth-order valence-electron chi connectivity index (χ4n) is 4.74. The highest BCUT2D eigenvalue weighted by Gasteiger charge is 2.31. The summed E-state index contributed by atoms with van der Waals surface area (Å²) in [6, 6.07) is 13.5. The predicted molar refractivity (Wildman–Crippen MR) is 155 cm³/mol. The van der Waals surface area contributed by atoms with E-state index < -0.39 is 45.4 Å². The number of ether oxygens (including phenoxy) is 1. The standard InChI is InChI=1S/C30H24F4N4O7S/c1-16-36-27(17-3-6-21(7-4-17)45-30(32,33)34)28(44-16)22-11-18(19-12-24(31)23(15-39)26(13-19)46(2,42)43)5-8-25(22)38-10-9-20(37-38)14-35-29(40)41/h3-13,35,39H,14-15H2,1-2H3,(H,40,41). The number of aryl methyl sites for hydroxylation is 1. The fraction of sp³-hybridized carbons (Fsp3) is 0.167. The minimum atomic E-state index is -4.89. The van der Waals surface area contributed by atoms with Crippen LogP contribution in [0.15, 0.2) is 76.2 Å². The molecule has 16 heteroatoms. The first kappa shape index (κ1) is 32.2. The van der Waals surface area contributed by atoms with E-state index in [1.807, 2.05) is 0 Å². The number of hydrogen-bond donors (Lipinski definition) is 3. The number of rotatable bonds is 9. The van der Waals surface area contributed by atoms with Crippen molar-refractivity contribution in [3.63, 3.8) is 0 Å². The van der Waals surface area contributed by atoms with Crippen LogP contribution in [0.25, 0.3) is 39.4 Å². The van der Waals surface area contributed by atoms with E-state index in [1.165, 1.54) is 22.9 Å². The van der Waals surface area contributed by atoms with Crippen molar-refractivity contribution >= 4 is 15.9 Å². The van der Waals surface area contributed by atoms with Gasteiger partial charge in [-0.3, -0.25) is 0 Å². The molecule has 3 aromatic carbocycles. The number of nitrogens with one attached hydrogen (secondary N) is 1. The molecule has 3 N–H and O–H groups in total. The molecule has 0 aliphatic rings. The molecule has 0 spiro atoms. The SMILES string of the molecule is Cc1nc(-c2ccc(OC(F)(F)F)cc2)c(-c2cc(-c3cc(F)c(CO)c(S(C)(=O)=O)c3)ccc2-n2ccc(CNC(=O)O)n2)o1. The van der Waals surface area contributed by atoms with Crippen LogP contribution in [0.5, 0.6) is 5.75 Å². The van der Waals surface area contributed by atoms with E-state index in [2.05, 4.69) is 20.1 Å². The lowest BCUT2D eigenvalue weighted by Gasteiger charge is -2.14. The lowest BCUT2D eigenvalue weighted by molar-refractivity contribution is -0.274. The molecule has 46 heavy (non-hydrogen) atoms. The summed E-state index contributed by atoms with van der Waals surface area (Å²) in [7, 11) is -3.95. The van der Waals surface area contributed by atoms with Gasteiger partial charge in [-0.1, -0.05) is 6.07 Å². The van der Waals surface area contributed by atoms with Gasteiger partial charge in [-0.05, 0) is 65.7 Å². The van der Waals surface area contributed by atoms with Gasteiger partial charge in [0.2, 0.25) is 0 Å². The molecule has 0 saturated carbocycles. The fourth-order valence-corrected chi connectivity index (χ4v) is 5.69. The van der Waals surface area contributed by atoms with E-state index >= 15 is 4.39 Å². The molecule has 0 aliphatic heterocycles. The smallest absolute Gasteiger partial charge is 0.465 e. The molecular formula is C30H24F4N4O7S. The number of sulfone groups is 1. The lowest BCUT2D eigenvalue weighted by Crippen LogP contribution is -2.20. The molecular weight excluding hydrogens is 636 g/mol. The highest BCUT2D eigenvalue weighted by atomic mass is 32.2. The molecule has 0 aliphatic carbocycles. The Morgan fingerprint density at radius 2 is 1.74 bits per heavy atom. The summed E-state index contributed by atoms with van der Waals surface area (Å²) in [5.74, 6) is -1.04. The first-order chi connectivity index (χ1) is 21.6. The number of aliphatic hydroxyl groups excluding tert-OH is 1. The van der Waals surface area contributed by atoms with E-state index in [9.17, 15) is 31.5 Å². The number of carbonyl (C=O) groups is 1. The summed E-state index contributed by atoms with van der Waals surface area (Å²) in [5.41, 5.74) is 1.77. The van der Waals surface area contributed by atoms with Gasteiger partial charge in [0.15, 0.2) is 21.5 Å². The van der Waals surface area contributed by atoms with E-state index in [1.54, 1.807) is 37.4 Å². The molecule has 1 amide bonds. The number of benzene rings is 3. The number of aliphatic hydroxyl groups is 1. The van der Waals surface area contributed by atoms with Crippen molar-refractivity contribution in [3.8, 4) is 45.1 Å². The monoisotopic (exact) mass is 660 g/mol. The molecule has 0 atom stereocenters. The van der Waals surface area contributed by atoms with Crippen molar-refractivity contribution in [2.24, 2.45) is 0 Å². The molecule has 2 heterocycles. The average Bonchev–Trinajstić information content (AvgIpc) is 3.61. The van der Waals surface area contributed by atoms with Gasteiger partial charge in [0.1, 0.15) is 17.3 Å². The lowest BCUT2D eigenvalue weighted by atomic mass is 9.97. The molecule has 5 rings (SSSR count). The molecule has 0 radical (unpaired) electrons. The number of nitrogens with zero attached hydrogens (tertiary/aromatic N) is 3. The number of carboxylic acid groups (broad SMARTS) is 1. The van der Waals surface area contributed by atoms with Gasteiger partial charge in [0, 0.05) is 36.1 Å². The second-order valence-electron chi connectivity index (χ2n) is 9.99. The van der Waals surface area contributed by atoms with Crippen LogP contribution < -0.4 is 10.1 Å². The van der Waals surface area contributed by atoms with Gasteiger partial charge < -0.3 is 24.7 Å². The number of aromatic nitrogens is 3. The third-order valence-electron chi connectivity index (χ3n) is 6.69. The van der Waals surface area contributed by atoms with Gasteiger partial charge in [-0.25, -0.2) is 27.3 Å². The topological polar surface area (TPSA) is 157 Å². The normalized spacial score (nSPS) is 11.9. The number of alkyl halides is 3. The van der Waals surface area contributed by atoms with Crippen molar-refractivity contribution in [1.29, 1.82) is 0 Å². The van der Waals surface area contributed by atoms with Crippen molar-refractivity contribution in [2.45, 2.75) is 31.3 Å². The third kappa shape index (κ3) is 7.02. The van der Waals surface area contributed by atoms with Crippen LogP contribution >= 0.6 is 0 Å². The molecule has 5 aromatic rings. The summed E-state index contributed by atoms with van der Waals surface area (Å²) >= 11 is 0. The minimum Gasteiger partial charge on any atom is -0.465 e. The highest BCUT2D eigenvalue weighted by Crippen LogP contribution is 2.39. The van der Waals surface area contributed by atoms with Crippen molar-refractivity contribution < 1.29 is 50.1 Å². The Morgan fingerprint density at radius 3 is 2.37 bits per heavy atom. The summed E-state index contributed by atoms with van der Waals surface area (Å²) in [6.45, 7) is 0.618. The van der Waals surface area contributed by atoms with Gasteiger partial charge in [0.25, 0.3) is 0 Å². The van der Waals surface area contributed by atoms with E-state index in [4.69, 9.17) is 9.52 Å². The Balaban J connectivity index is 1.69. The van der Waals surface area contributed by atoms with Crippen LogP contribution in [0.3, 0.4) is 0 Å². The van der Waals surface area contributed by atoms with Crippen molar-refractivity contribution in [1.82, 2.24) is 20.1 Å². The molecule has 11 nitrogen and oxygen atoms in total. The van der Waals surface area contributed by atoms with E-state index in [0.717, 1.165) is 24.5 Å². The van der Waals surface area contributed by atoms with E-state index in [0.29, 0.717) is 28.1 Å². The molecule has 240 valence electrons. The largest absolute Gasteiger partial charge is 0.573 e. The van der Waals surface area contributed by atoms with Crippen molar-refractivity contribution in [2.75, 3.05) is 6.26 Å². The summed E-state index contributed by atoms with van der Waals surface area (Å²) in [5, 5.41) is 25.2. The number of halogens is 4. The summed E-state index contributed by atoms with van der Waals surface area (Å²) in [6.07, 6.45) is -3.69.